The predicted octanol–water partition coefficient (Wildman–Crippen LogP) is 3.71. The molecule has 4 rings (SSSR count). The lowest BCUT2D eigenvalue weighted by Gasteiger charge is -2.23. The number of benzene rings is 3. The summed E-state index contributed by atoms with van der Waals surface area (Å²) in [6, 6.07) is 7.34. The lowest BCUT2D eigenvalue weighted by Crippen LogP contribution is -2.14. The molecular weight excluding hydrogens is 528 g/mol. The molecular formula is C28H26O12. The normalized spacial score (nSPS) is 11.7. The average molecular weight is 555 g/mol. The van der Waals surface area contributed by atoms with Crippen molar-refractivity contribution in [2.24, 2.45) is 0 Å². The average Bonchev–Trinajstić information content (AvgIpc) is 2.94. The lowest BCUT2D eigenvalue weighted by atomic mass is 9.85. The summed E-state index contributed by atoms with van der Waals surface area (Å²) in [5.41, 5.74) is -1.25. The molecule has 210 valence electrons. The van der Waals surface area contributed by atoms with Gasteiger partial charge in [-0.05, 0) is 24.3 Å². The van der Waals surface area contributed by atoms with Crippen molar-refractivity contribution in [2.75, 3.05) is 28.4 Å². The van der Waals surface area contributed by atoms with Crippen LogP contribution in [0.3, 0.4) is 0 Å². The summed E-state index contributed by atoms with van der Waals surface area (Å²) in [6.45, 7) is 0. The third-order valence-corrected chi connectivity index (χ3v) is 6.43. The first-order valence-electron chi connectivity index (χ1n) is 11.7. The predicted molar refractivity (Wildman–Crippen MR) is 141 cm³/mol. The first kappa shape index (κ1) is 27.8. The highest BCUT2D eigenvalue weighted by atomic mass is 16.5. The molecule has 0 fully saturated rings. The van der Waals surface area contributed by atoms with Gasteiger partial charge in [0.1, 0.15) is 28.2 Å². The molecule has 0 unspecified atom stereocenters. The van der Waals surface area contributed by atoms with E-state index in [0.717, 1.165) is 18.2 Å². The molecule has 12 nitrogen and oxygen atoms in total. The fourth-order valence-electron chi connectivity index (χ4n) is 4.48. The number of esters is 1. The first-order chi connectivity index (χ1) is 19.1. The topological polar surface area (TPSA) is 185 Å². The van der Waals surface area contributed by atoms with E-state index in [1.54, 1.807) is 0 Å². The fourth-order valence-corrected chi connectivity index (χ4v) is 4.48. The SMILES string of the molecule is COC(=O)C[C@H](c1cc(OC)c(OC)cc1OC)c1c(O)cc(O)c2c(=O)c(O)c(-c3ccc(O)c(O)c3)oc12. The molecule has 0 saturated carbocycles. The molecule has 0 spiro atoms. The van der Waals surface area contributed by atoms with Crippen LogP contribution in [0.1, 0.15) is 23.5 Å². The molecule has 1 atom stereocenters. The van der Waals surface area contributed by atoms with Gasteiger partial charge in [-0.25, -0.2) is 0 Å². The van der Waals surface area contributed by atoms with Crippen LogP contribution in [0, 0.1) is 0 Å². The fraction of sp³-hybridized carbons (Fsp3) is 0.214. The Balaban J connectivity index is 2.13. The van der Waals surface area contributed by atoms with Crippen molar-refractivity contribution in [3.63, 3.8) is 0 Å². The molecule has 0 aliphatic rings. The van der Waals surface area contributed by atoms with Gasteiger partial charge in [0, 0.05) is 34.7 Å². The molecule has 1 heterocycles. The maximum Gasteiger partial charge on any atom is 0.306 e. The molecule has 1 aromatic heterocycles. The Bertz CT molecular complexity index is 1670. The number of phenols is 4. The van der Waals surface area contributed by atoms with Crippen molar-refractivity contribution in [3.05, 3.63) is 57.7 Å². The van der Waals surface area contributed by atoms with E-state index < -0.39 is 63.6 Å². The molecule has 0 aliphatic heterocycles. The minimum Gasteiger partial charge on any atom is -0.507 e. The van der Waals surface area contributed by atoms with E-state index in [1.807, 2.05) is 0 Å². The van der Waals surface area contributed by atoms with Crippen LogP contribution in [-0.4, -0.2) is 59.9 Å². The van der Waals surface area contributed by atoms with Crippen LogP contribution >= 0.6 is 0 Å². The molecule has 4 aromatic rings. The first-order valence-corrected chi connectivity index (χ1v) is 11.7. The van der Waals surface area contributed by atoms with Gasteiger partial charge in [-0.3, -0.25) is 9.59 Å². The van der Waals surface area contributed by atoms with Gasteiger partial charge in [-0.1, -0.05) is 0 Å². The Kier molecular flexibility index (Phi) is 7.53. The van der Waals surface area contributed by atoms with E-state index in [-0.39, 0.29) is 28.2 Å². The highest BCUT2D eigenvalue weighted by Gasteiger charge is 2.32. The third kappa shape index (κ3) is 4.70. The molecule has 0 bridgehead atoms. The Morgan fingerprint density at radius 1 is 0.800 bits per heavy atom. The monoisotopic (exact) mass is 554 g/mol. The van der Waals surface area contributed by atoms with Crippen LogP contribution < -0.4 is 19.6 Å². The number of aromatic hydroxyl groups is 5. The number of ether oxygens (including phenoxy) is 4. The minimum atomic E-state index is -1.11. The number of rotatable bonds is 8. The van der Waals surface area contributed by atoms with Gasteiger partial charge >= 0.3 is 5.97 Å². The molecule has 0 aliphatic carbocycles. The Morgan fingerprint density at radius 2 is 1.45 bits per heavy atom. The number of fused-ring (bicyclic) bond motifs is 1. The smallest absolute Gasteiger partial charge is 0.306 e. The summed E-state index contributed by atoms with van der Waals surface area (Å²) in [6.07, 6.45) is -0.393. The van der Waals surface area contributed by atoms with Crippen molar-refractivity contribution >= 4 is 16.9 Å². The van der Waals surface area contributed by atoms with E-state index >= 15 is 0 Å². The zero-order valence-corrected chi connectivity index (χ0v) is 21.8. The van der Waals surface area contributed by atoms with Gasteiger partial charge in [0.05, 0.1) is 34.9 Å². The maximum absolute atomic E-state index is 13.3. The molecule has 40 heavy (non-hydrogen) atoms. The Hall–Kier alpha value is -5.26. The highest BCUT2D eigenvalue weighted by Crippen LogP contribution is 2.48. The third-order valence-electron chi connectivity index (χ3n) is 6.43. The summed E-state index contributed by atoms with van der Waals surface area (Å²) >= 11 is 0. The van der Waals surface area contributed by atoms with E-state index in [2.05, 4.69) is 0 Å². The summed E-state index contributed by atoms with van der Waals surface area (Å²) in [7, 11) is 5.37. The van der Waals surface area contributed by atoms with E-state index in [9.17, 15) is 35.1 Å². The van der Waals surface area contributed by atoms with Gasteiger partial charge in [0.25, 0.3) is 0 Å². The number of carbonyl (C=O) groups excluding carboxylic acids is 1. The van der Waals surface area contributed by atoms with Crippen LogP contribution in [-0.2, 0) is 9.53 Å². The number of methoxy groups -OCH3 is 4. The number of hydrogen-bond acceptors (Lipinski definition) is 12. The van der Waals surface area contributed by atoms with Gasteiger partial charge in [0.15, 0.2) is 28.8 Å². The summed E-state index contributed by atoms with van der Waals surface area (Å²) in [4.78, 5) is 25.9. The maximum atomic E-state index is 13.3. The van der Waals surface area contributed by atoms with Crippen molar-refractivity contribution in [3.8, 4) is 57.3 Å². The van der Waals surface area contributed by atoms with Gasteiger partial charge < -0.3 is 48.9 Å². The van der Waals surface area contributed by atoms with Crippen LogP contribution in [0.15, 0.2) is 45.6 Å². The zero-order chi connectivity index (χ0) is 29.3. The highest BCUT2D eigenvalue weighted by molar-refractivity contribution is 5.92. The van der Waals surface area contributed by atoms with Crippen molar-refractivity contribution < 1.29 is 53.7 Å². The second-order valence-corrected chi connectivity index (χ2v) is 8.63. The molecule has 12 heteroatoms. The van der Waals surface area contributed by atoms with Crippen LogP contribution in [0.2, 0.25) is 0 Å². The largest absolute Gasteiger partial charge is 0.507 e. The van der Waals surface area contributed by atoms with Crippen LogP contribution in [0.5, 0.6) is 46.0 Å². The van der Waals surface area contributed by atoms with Crippen molar-refractivity contribution in [1.82, 2.24) is 0 Å². The molecule has 0 saturated heterocycles. The molecule has 5 N–H and O–H groups in total. The van der Waals surface area contributed by atoms with Gasteiger partial charge in [-0.2, -0.15) is 0 Å². The van der Waals surface area contributed by atoms with E-state index in [0.29, 0.717) is 11.3 Å². The van der Waals surface area contributed by atoms with Crippen molar-refractivity contribution in [2.45, 2.75) is 12.3 Å². The second kappa shape index (κ2) is 10.8. The number of carbonyl (C=O) groups is 1. The molecule has 3 aromatic carbocycles. The van der Waals surface area contributed by atoms with E-state index in [4.69, 9.17) is 23.4 Å². The number of phenolic OH excluding ortho intramolecular Hbond substituents is 4. The summed E-state index contributed by atoms with van der Waals surface area (Å²) in [5, 5.41) is 51.6. The number of hydrogen-bond donors (Lipinski definition) is 5. The van der Waals surface area contributed by atoms with Crippen molar-refractivity contribution in [1.29, 1.82) is 0 Å². The Labute approximate surface area is 226 Å². The lowest BCUT2D eigenvalue weighted by molar-refractivity contribution is -0.140. The molecule has 0 radical (unpaired) electrons. The standard InChI is InChI=1S/C28H26O12/c1-36-19-11-21(38-3)20(37-2)8-13(19)14(9-22(33)39-4)23-17(31)10-18(32)24-25(34)26(35)27(40-28(23)24)12-5-6-15(29)16(30)7-12/h5-8,10-11,14,29-32,35H,9H2,1-4H3/t14-/m1/s1. The van der Waals surface area contributed by atoms with Crippen LogP contribution in [0.4, 0.5) is 0 Å². The summed E-state index contributed by atoms with van der Waals surface area (Å²) in [5.74, 6) is -4.63. The summed E-state index contributed by atoms with van der Waals surface area (Å²) < 4.78 is 27.1. The van der Waals surface area contributed by atoms with E-state index in [1.165, 1.54) is 46.6 Å². The van der Waals surface area contributed by atoms with Crippen LogP contribution in [0.25, 0.3) is 22.3 Å². The molecule has 0 amide bonds. The minimum absolute atomic E-state index is 0.00574. The Morgan fingerprint density at radius 3 is 2.05 bits per heavy atom. The van der Waals surface area contributed by atoms with Gasteiger partial charge in [-0.15, -0.1) is 0 Å². The second-order valence-electron chi connectivity index (χ2n) is 8.63. The zero-order valence-electron chi connectivity index (χ0n) is 21.8. The van der Waals surface area contributed by atoms with Gasteiger partial charge in [0.2, 0.25) is 11.2 Å². The quantitative estimate of drug-likeness (QED) is 0.157.